The quantitative estimate of drug-likeness (QED) is 0.278. The second kappa shape index (κ2) is 13.2. The molecule has 30 heavy (non-hydrogen) atoms. The van der Waals surface area contributed by atoms with Crippen molar-refractivity contribution in [3.8, 4) is 5.75 Å². The Kier molecular flexibility index (Phi) is 10.2. The summed E-state index contributed by atoms with van der Waals surface area (Å²) in [6, 6.07) is 8.17. The van der Waals surface area contributed by atoms with E-state index in [9.17, 15) is 0 Å². The van der Waals surface area contributed by atoms with E-state index in [-0.39, 0.29) is 6.29 Å². The smallest absolute Gasteiger partial charge is 0.183 e. The monoisotopic (exact) mass is 414 g/mol. The molecular formula is C27H42O3. The van der Waals surface area contributed by atoms with Gasteiger partial charge in [0.25, 0.3) is 0 Å². The minimum Gasteiger partial charge on any atom is -0.490 e. The van der Waals surface area contributed by atoms with E-state index >= 15 is 0 Å². The fourth-order valence-electron chi connectivity index (χ4n) is 4.78. The minimum absolute atomic E-state index is 0.232. The molecule has 3 nitrogen and oxygen atoms in total. The van der Waals surface area contributed by atoms with Crippen LogP contribution >= 0.6 is 0 Å². The molecule has 3 heteroatoms. The van der Waals surface area contributed by atoms with Crippen LogP contribution in [0.4, 0.5) is 0 Å². The maximum absolute atomic E-state index is 5.91. The lowest BCUT2D eigenvalue weighted by molar-refractivity contribution is -0.206. The third-order valence-electron chi connectivity index (χ3n) is 6.68. The van der Waals surface area contributed by atoms with E-state index in [0.717, 1.165) is 36.4 Å². The molecule has 1 aliphatic carbocycles. The minimum atomic E-state index is -0.232. The van der Waals surface area contributed by atoms with Crippen LogP contribution in [-0.4, -0.2) is 19.8 Å². The summed E-state index contributed by atoms with van der Waals surface area (Å²) in [5, 5.41) is 0. The molecule has 0 amide bonds. The lowest BCUT2D eigenvalue weighted by Gasteiger charge is -2.29. The van der Waals surface area contributed by atoms with Crippen molar-refractivity contribution in [3.05, 3.63) is 42.0 Å². The molecule has 0 N–H and O–H groups in total. The van der Waals surface area contributed by atoms with E-state index in [1.165, 1.54) is 64.2 Å². The number of rotatable bonds is 11. The van der Waals surface area contributed by atoms with Crippen LogP contribution in [0, 0.1) is 17.8 Å². The fraction of sp³-hybridized carbons (Fsp3) is 0.704. The van der Waals surface area contributed by atoms with Crippen LogP contribution in [-0.2, 0) is 9.47 Å². The average Bonchev–Trinajstić information content (AvgIpc) is 2.79. The number of hydrogen-bond acceptors (Lipinski definition) is 3. The van der Waals surface area contributed by atoms with Crippen molar-refractivity contribution < 1.29 is 14.2 Å². The van der Waals surface area contributed by atoms with Gasteiger partial charge in [-0.05, 0) is 56.1 Å². The summed E-state index contributed by atoms with van der Waals surface area (Å²) in [5.41, 5.74) is 1.07. The van der Waals surface area contributed by atoms with Gasteiger partial charge in [0.05, 0.1) is 13.2 Å². The predicted octanol–water partition coefficient (Wildman–Crippen LogP) is 7.47. The first-order valence-corrected chi connectivity index (χ1v) is 12.4. The first-order chi connectivity index (χ1) is 14.8. The average molecular weight is 415 g/mol. The van der Waals surface area contributed by atoms with E-state index in [0.29, 0.717) is 12.5 Å². The van der Waals surface area contributed by atoms with Gasteiger partial charge in [-0.1, -0.05) is 70.2 Å². The molecule has 1 saturated heterocycles. The van der Waals surface area contributed by atoms with Gasteiger partial charge in [-0.3, -0.25) is 0 Å². The molecule has 168 valence electrons. The van der Waals surface area contributed by atoms with Gasteiger partial charge in [0, 0.05) is 11.5 Å². The van der Waals surface area contributed by atoms with Crippen LogP contribution in [0.2, 0.25) is 0 Å². The molecule has 3 rings (SSSR count). The molecule has 1 saturated carbocycles. The van der Waals surface area contributed by atoms with E-state index in [2.05, 4.69) is 38.1 Å². The summed E-state index contributed by atoms with van der Waals surface area (Å²) in [6.07, 6.45) is 17.8. The van der Waals surface area contributed by atoms with Crippen molar-refractivity contribution in [2.75, 3.05) is 19.8 Å². The van der Waals surface area contributed by atoms with Crippen molar-refractivity contribution in [1.29, 1.82) is 0 Å². The molecule has 1 aliphatic heterocycles. The first kappa shape index (κ1) is 23.3. The highest BCUT2D eigenvalue weighted by atomic mass is 16.7. The Bertz CT molecular complexity index is 593. The van der Waals surface area contributed by atoms with Crippen LogP contribution in [0.1, 0.15) is 89.9 Å². The Morgan fingerprint density at radius 2 is 1.60 bits per heavy atom. The number of ether oxygens (including phenoxy) is 3. The summed E-state index contributed by atoms with van der Waals surface area (Å²) in [5.74, 6) is 3.17. The zero-order valence-corrected chi connectivity index (χ0v) is 19.2. The molecule has 0 unspecified atom stereocenters. The lowest BCUT2D eigenvalue weighted by atomic mass is 9.79. The number of benzene rings is 1. The van der Waals surface area contributed by atoms with Gasteiger partial charge in [0.15, 0.2) is 6.29 Å². The maximum atomic E-state index is 5.91. The predicted molar refractivity (Wildman–Crippen MR) is 124 cm³/mol. The topological polar surface area (TPSA) is 27.7 Å². The molecule has 0 atom stereocenters. The molecule has 1 aromatic rings. The third kappa shape index (κ3) is 7.74. The Balaban J connectivity index is 1.32. The van der Waals surface area contributed by atoms with Crippen molar-refractivity contribution in [1.82, 2.24) is 0 Å². The zero-order chi connectivity index (χ0) is 21.0. The second-order valence-electron chi connectivity index (χ2n) is 9.24. The van der Waals surface area contributed by atoms with Crippen molar-refractivity contribution in [3.63, 3.8) is 0 Å². The number of allylic oxidation sites excluding steroid dienone is 1. The standard InChI is InChI=1S/C27H42O3/c1-3-5-6-9-22-11-13-23(14-12-22)10-7-19-28-26-17-15-25(16-18-26)27-29-20-24(8-4-2)21-30-27/h7,10,15-18,22-24,27H,3-6,8-9,11-14,19-21H2,1-2H3/b10-7+/t22-,23-,24-,27-. The van der Waals surface area contributed by atoms with E-state index in [1.54, 1.807) is 0 Å². The molecule has 1 aromatic carbocycles. The van der Waals surface area contributed by atoms with Gasteiger partial charge in [-0.2, -0.15) is 0 Å². The van der Waals surface area contributed by atoms with Gasteiger partial charge in [-0.25, -0.2) is 0 Å². The normalized spacial score (nSPS) is 27.4. The van der Waals surface area contributed by atoms with Crippen LogP contribution < -0.4 is 4.74 Å². The number of hydrogen-bond donors (Lipinski definition) is 0. The van der Waals surface area contributed by atoms with Crippen LogP contribution in [0.25, 0.3) is 0 Å². The Morgan fingerprint density at radius 3 is 2.27 bits per heavy atom. The molecule has 1 heterocycles. The van der Waals surface area contributed by atoms with E-state index in [4.69, 9.17) is 14.2 Å². The Morgan fingerprint density at radius 1 is 0.867 bits per heavy atom. The van der Waals surface area contributed by atoms with E-state index in [1.807, 2.05) is 12.1 Å². The highest BCUT2D eigenvalue weighted by molar-refractivity contribution is 5.28. The van der Waals surface area contributed by atoms with E-state index < -0.39 is 0 Å². The van der Waals surface area contributed by atoms with Gasteiger partial charge in [0.1, 0.15) is 12.4 Å². The first-order valence-electron chi connectivity index (χ1n) is 12.4. The van der Waals surface area contributed by atoms with Crippen LogP contribution in [0.3, 0.4) is 0 Å². The third-order valence-corrected chi connectivity index (χ3v) is 6.68. The molecule has 2 fully saturated rings. The van der Waals surface area contributed by atoms with Crippen LogP contribution in [0.5, 0.6) is 5.75 Å². The Hall–Kier alpha value is -1.32. The summed E-state index contributed by atoms with van der Waals surface area (Å²) >= 11 is 0. The van der Waals surface area contributed by atoms with Gasteiger partial charge < -0.3 is 14.2 Å². The van der Waals surface area contributed by atoms with Gasteiger partial charge in [0.2, 0.25) is 0 Å². The summed E-state index contributed by atoms with van der Waals surface area (Å²) in [6.45, 7) is 6.73. The fourth-order valence-corrected chi connectivity index (χ4v) is 4.78. The van der Waals surface area contributed by atoms with Crippen molar-refractivity contribution in [2.24, 2.45) is 17.8 Å². The molecule has 0 radical (unpaired) electrons. The summed E-state index contributed by atoms with van der Waals surface area (Å²) in [7, 11) is 0. The van der Waals surface area contributed by atoms with Gasteiger partial charge >= 0.3 is 0 Å². The summed E-state index contributed by atoms with van der Waals surface area (Å²) in [4.78, 5) is 0. The molecule has 0 spiro atoms. The summed E-state index contributed by atoms with van der Waals surface area (Å²) < 4.78 is 17.7. The highest BCUT2D eigenvalue weighted by Crippen LogP contribution is 2.33. The highest BCUT2D eigenvalue weighted by Gasteiger charge is 2.23. The van der Waals surface area contributed by atoms with Crippen LogP contribution in [0.15, 0.2) is 36.4 Å². The zero-order valence-electron chi connectivity index (χ0n) is 19.2. The van der Waals surface area contributed by atoms with Crippen molar-refractivity contribution >= 4 is 0 Å². The molecule has 0 bridgehead atoms. The largest absolute Gasteiger partial charge is 0.490 e. The second-order valence-corrected chi connectivity index (χ2v) is 9.24. The maximum Gasteiger partial charge on any atom is 0.183 e. The Labute approximate surface area is 184 Å². The molecule has 2 aliphatic rings. The molecular weight excluding hydrogens is 372 g/mol. The SMILES string of the molecule is CCCCC[C@H]1CC[C@H](/C=C/COc2ccc([C@H]3OC[C@H](CCC)CO3)cc2)CC1. The number of unbranched alkanes of at least 4 members (excludes halogenated alkanes) is 2. The molecule has 0 aromatic heterocycles. The lowest BCUT2D eigenvalue weighted by Crippen LogP contribution is -2.26. The van der Waals surface area contributed by atoms with Gasteiger partial charge in [-0.15, -0.1) is 0 Å². The van der Waals surface area contributed by atoms with Crippen molar-refractivity contribution in [2.45, 2.75) is 84.3 Å².